The molecule has 2 fully saturated rings. The molecule has 162 valence electrons. The van der Waals surface area contributed by atoms with Crippen molar-refractivity contribution in [3.8, 4) is 0 Å². The van der Waals surface area contributed by atoms with E-state index in [2.05, 4.69) is 21.0 Å². The van der Waals surface area contributed by atoms with Gasteiger partial charge in [-0.25, -0.2) is 4.79 Å². The van der Waals surface area contributed by atoms with Crippen molar-refractivity contribution in [2.75, 3.05) is 11.4 Å². The summed E-state index contributed by atoms with van der Waals surface area (Å²) in [4.78, 5) is 30.3. The number of aliphatic carboxylic acids is 1. The molecule has 1 N–H and O–H groups in total. The third kappa shape index (κ3) is 4.96. The van der Waals surface area contributed by atoms with Crippen LogP contribution in [0, 0.1) is 0 Å². The molecule has 0 unspecified atom stereocenters. The molecule has 4 rings (SSSR count). The Hall–Kier alpha value is -2.95. The predicted molar refractivity (Wildman–Crippen MR) is 100 cm³/mol. The van der Waals surface area contributed by atoms with Gasteiger partial charge in [0.25, 0.3) is 0 Å². The molecular formula is C19H22F3N5O3. The van der Waals surface area contributed by atoms with E-state index in [0.29, 0.717) is 12.5 Å². The predicted octanol–water partition coefficient (Wildman–Crippen LogP) is 2.22. The lowest BCUT2D eigenvalue weighted by Crippen LogP contribution is -2.52. The maximum absolute atomic E-state index is 12.5. The highest BCUT2D eigenvalue weighted by molar-refractivity contribution is 5.94. The van der Waals surface area contributed by atoms with E-state index in [1.54, 1.807) is 10.9 Å². The molecule has 2 aromatic rings. The van der Waals surface area contributed by atoms with Crippen LogP contribution in [0.4, 0.5) is 18.9 Å². The monoisotopic (exact) mass is 425 g/mol. The van der Waals surface area contributed by atoms with E-state index in [9.17, 15) is 18.0 Å². The number of aryl methyl sites for hydroxylation is 1. The molecule has 0 bridgehead atoms. The van der Waals surface area contributed by atoms with Crippen LogP contribution in [0.1, 0.15) is 25.0 Å². The van der Waals surface area contributed by atoms with Crippen molar-refractivity contribution in [2.24, 2.45) is 7.05 Å². The van der Waals surface area contributed by atoms with Gasteiger partial charge in [-0.15, -0.1) is 0 Å². The molecule has 2 saturated heterocycles. The minimum absolute atomic E-state index is 0.221. The number of aromatic nitrogens is 3. The molecule has 0 spiro atoms. The average molecular weight is 425 g/mol. The Morgan fingerprint density at radius 3 is 2.57 bits per heavy atom. The second-order valence-corrected chi connectivity index (χ2v) is 7.19. The molecule has 4 heterocycles. The van der Waals surface area contributed by atoms with Gasteiger partial charge in [-0.1, -0.05) is 6.07 Å². The van der Waals surface area contributed by atoms with Gasteiger partial charge in [-0.05, 0) is 25.0 Å². The van der Waals surface area contributed by atoms with Crippen LogP contribution in [-0.4, -0.2) is 61.5 Å². The number of carboxylic acids is 1. The SMILES string of the molecule is Cn1cc(N2C(=O)CC[C@@H]3[C@H]2CCN3Cc2ccccn2)cn1.O=C(O)C(F)(F)F. The molecule has 2 atom stereocenters. The number of carboxylic acid groups (broad SMARTS) is 1. The summed E-state index contributed by atoms with van der Waals surface area (Å²) in [5.74, 6) is -2.54. The van der Waals surface area contributed by atoms with Crippen molar-refractivity contribution in [2.45, 2.75) is 44.1 Å². The van der Waals surface area contributed by atoms with Gasteiger partial charge in [0.05, 0.1) is 23.6 Å². The number of pyridine rings is 1. The Kier molecular flexibility index (Phi) is 6.40. The van der Waals surface area contributed by atoms with Crippen molar-refractivity contribution in [1.29, 1.82) is 0 Å². The van der Waals surface area contributed by atoms with E-state index in [1.165, 1.54) is 0 Å². The lowest BCUT2D eigenvalue weighted by molar-refractivity contribution is -0.192. The van der Waals surface area contributed by atoms with Crippen molar-refractivity contribution in [3.63, 3.8) is 0 Å². The van der Waals surface area contributed by atoms with Crippen molar-refractivity contribution < 1.29 is 27.9 Å². The number of hydrogen-bond donors (Lipinski definition) is 1. The zero-order chi connectivity index (χ0) is 21.9. The molecule has 2 aliphatic heterocycles. The number of carbonyl (C=O) groups is 2. The minimum Gasteiger partial charge on any atom is -0.475 e. The van der Waals surface area contributed by atoms with Crippen LogP contribution < -0.4 is 4.90 Å². The summed E-state index contributed by atoms with van der Waals surface area (Å²) < 4.78 is 33.5. The van der Waals surface area contributed by atoms with Gasteiger partial charge in [-0.3, -0.25) is 19.4 Å². The minimum atomic E-state index is -5.08. The van der Waals surface area contributed by atoms with Crippen LogP contribution in [0.2, 0.25) is 0 Å². The van der Waals surface area contributed by atoms with Crippen molar-refractivity contribution in [3.05, 3.63) is 42.5 Å². The van der Waals surface area contributed by atoms with Crippen LogP contribution in [0.5, 0.6) is 0 Å². The number of halogens is 3. The van der Waals surface area contributed by atoms with Gasteiger partial charge >= 0.3 is 12.1 Å². The van der Waals surface area contributed by atoms with Gasteiger partial charge in [0.2, 0.25) is 5.91 Å². The fourth-order valence-corrected chi connectivity index (χ4v) is 3.92. The number of hydrogen-bond acceptors (Lipinski definition) is 5. The van der Waals surface area contributed by atoms with Gasteiger partial charge in [0, 0.05) is 45.0 Å². The van der Waals surface area contributed by atoms with Gasteiger partial charge in [-0.2, -0.15) is 18.3 Å². The summed E-state index contributed by atoms with van der Waals surface area (Å²) in [6.07, 6.45) is 3.04. The average Bonchev–Trinajstić information content (AvgIpc) is 3.29. The first-order valence-corrected chi connectivity index (χ1v) is 9.41. The standard InChI is InChI=1S/C17H21N5O.C2HF3O2/c1-20-12-14(10-19-20)22-16-7-9-21(15(16)5-6-17(22)23)11-13-4-2-3-8-18-13;3-2(4,5)1(6)7/h2-4,8,10,12,15-16H,5-7,9,11H2,1H3;(H,6,7)/t15-,16-;/m1./s1. The fraction of sp³-hybridized carbons (Fsp3) is 0.474. The Balaban J connectivity index is 0.000000318. The molecule has 0 aromatic carbocycles. The summed E-state index contributed by atoms with van der Waals surface area (Å²) in [6.45, 7) is 1.87. The molecule has 11 heteroatoms. The van der Waals surface area contributed by atoms with Crippen molar-refractivity contribution >= 4 is 17.6 Å². The molecule has 8 nitrogen and oxygen atoms in total. The number of fused-ring (bicyclic) bond motifs is 1. The summed E-state index contributed by atoms with van der Waals surface area (Å²) in [5.41, 5.74) is 2.02. The molecular weight excluding hydrogens is 403 g/mol. The van der Waals surface area contributed by atoms with Gasteiger partial charge in [0.15, 0.2) is 0 Å². The molecule has 0 aliphatic carbocycles. The maximum atomic E-state index is 12.5. The van der Waals surface area contributed by atoms with Gasteiger partial charge in [0.1, 0.15) is 0 Å². The van der Waals surface area contributed by atoms with Crippen LogP contribution in [-0.2, 0) is 23.2 Å². The Morgan fingerprint density at radius 2 is 2.00 bits per heavy atom. The smallest absolute Gasteiger partial charge is 0.475 e. The van der Waals surface area contributed by atoms with Crippen LogP contribution >= 0.6 is 0 Å². The van der Waals surface area contributed by atoms with Crippen LogP contribution in [0.3, 0.4) is 0 Å². The summed E-state index contributed by atoms with van der Waals surface area (Å²) in [6, 6.07) is 6.71. The quantitative estimate of drug-likeness (QED) is 0.811. The highest BCUT2D eigenvalue weighted by Gasteiger charge is 2.44. The highest BCUT2D eigenvalue weighted by Crippen LogP contribution is 2.35. The zero-order valence-electron chi connectivity index (χ0n) is 16.3. The van der Waals surface area contributed by atoms with E-state index >= 15 is 0 Å². The Bertz CT molecular complexity index is 887. The number of piperidine rings is 1. The van der Waals surface area contributed by atoms with Crippen molar-refractivity contribution in [1.82, 2.24) is 19.7 Å². The normalized spacial score (nSPS) is 21.7. The molecule has 0 saturated carbocycles. The Morgan fingerprint density at radius 1 is 1.27 bits per heavy atom. The van der Waals surface area contributed by atoms with Crippen LogP contribution in [0.15, 0.2) is 36.8 Å². The number of rotatable bonds is 3. The third-order valence-electron chi connectivity index (χ3n) is 5.18. The Labute approximate surface area is 170 Å². The van der Waals surface area contributed by atoms with E-state index in [1.807, 2.05) is 36.5 Å². The topological polar surface area (TPSA) is 91.6 Å². The second-order valence-electron chi connectivity index (χ2n) is 7.19. The van der Waals surface area contributed by atoms with Crippen LogP contribution in [0.25, 0.3) is 0 Å². The van der Waals surface area contributed by atoms with E-state index in [4.69, 9.17) is 9.90 Å². The highest BCUT2D eigenvalue weighted by atomic mass is 19.4. The lowest BCUT2D eigenvalue weighted by atomic mass is 9.96. The first kappa shape index (κ1) is 21.8. The largest absolute Gasteiger partial charge is 0.490 e. The number of alkyl halides is 3. The molecule has 2 aliphatic rings. The number of likely N-dealkylation sites (tertiary alicyclic amines) is 1. The zero-order valence-corrected chi connectivity index (χ0v) is 16.3. The molecule has 2 aromatic heterocycles. The fourth-order valence-electron chi connectivity index (χ4n) is 3.92. The molecule has 0 radical (unpaired) electrons. The van der Waals surface area contributed by atoms with E-state index in [-0.39, 0.29) is 11.9 Å². The van der Waals surface area contributed by atoms with Gasteiger partial charge < -0.3 is 10.0 Å². The summed E-state index contributed by atoms with van der Waals surface area (Å²) in [7, 11) is 1.89. The summed E-state index contributed by atoms with van der Waals surface area (Å²) in [5, 5.41) is 11.4. The number of amides is 1. The second kappa shape index (κ2) is 8.82. The number of nitrogens with zero attached hydrogens (tertiary/aromatic N) is 5. The first-order valence-electron chi connectivity index (χ1n) is 9.41. The van der Waals surface area contributed by atoms with E-state index in [0.717, 1.165) is 37.3 Å². The molecule has 30 heavy (non-hydrogen) atoms. The first-order chi connectivity index (χ1) is 14.2. The summed E-state index contributed by atoms with van der Waals surface area (Å²) >= 11 is 0. The van der Waals surface area contributed by atoms with E-state index < -0.39 is 12.1 Å². The number of anilines is 1. The number of carbonyl (C=O) groups excluding carboxylic acids is 1. The maximum Gasteiger partial charge on any atom is 0.490 e. The molecule has 1 amide bonds. The third-order valence-corrected chi connectivity index (χ3v) is 5.18. The lowest BCUT2D eigenvalue weighted by Gasteiger charge is -2.39.